The molecule has 0 N–H and O–H groups in total. The first-order valence-corrected chi connectivity index (χ1v) is 5.17. The zero-order chi connectivity index (χ0) is 12.3. The Morgan fingerprint density at radius 3 is 2.56 bits per heavy atom. The van der Waals surface area contributed by atoms with Gasteiger partial charge in [0.15, 0.2) is 11.6 Å². The molecule has 0 unspecified atom stereocenters. The van der Waals surface area contributed by atoms with E-state index in [1.54, 1.807) is 0 Å². The molecule has 0 atom stereocenters. The number of carbonyl (C=O) groups is 1. The predicted molar refractivity (Wildman–Crippen MR) is 58.7 cm³/mol. The van der Waals surface area contributed by atoms with Crippen LogP contribution in [0.3, 0.4) is 0 Å². The molecule has 0 heterocycles. The molecular formula is C10H10BrF2NO2. The van der Waals surface area contributed by atoms with Gasteiger partial charge in [0, 0.05) is 41.2 Å². The van der Waals surface area contributed by atoms with Crippen molar-refractivity contribution in [2.45, 2.75) is 6.54 Å². The quantitative estimate of drug-likeness (QED) is 0.633. The average Bonchev–Trinajstić information content (AvgIpc) is 2.22. The summed E-state index contributed by atoms with van der Waals surface area (Å²) in [5.41, 5.74) is 0.0913. The molecule has 0 bridgehead atoms. The third-order valence-electron chi connectivity index (χ3n) is 2.03. The SMILES string of the molecule is COc1cc(F)c(CN(C)C(=O)Br)cc1F. The van der Waals surface area contributed by atoms with Gasteiger partial charge in [-0.3, -0.25) is 4.79 Å². The van der Waals surface area contributed by atoms with Crippen molar-refractivity contribution in [1.29, 1.82) is 0 Å². The van der Waals surface area contributed by atoms with Gasteiger partial charge in [-0.15, -0.1) is 0 Å². The third kappa shape index (κ3) is 2.91. The van der Waals surface area contributed by atoms with Crippen molar-refractivity contribution in [1.82, 2.24) is 4.90 Å². The highest BCUT2D eigenvalue weighted by Gasteiger charge is 2.13. The topological polar surface area (TPSA) is 29.5 Å². The van der Waals surface area contributed by atoms with Crippen LogP contribution < -0.4 is 4.74 Å². The van der Waals surface area contributed by atoms with E-state index in [0.717, 1.165) is 12.1 Å². The molecule has 3 nitrogen and oxygen atoms in total. The summed E-state index contributed by atoms with van der Waals surface area (Å²) < 4.78 is 31.3. The Labute approximate surface area is 100 Å². The van der Waals surface area contributed by atoms with E-state index in [-0.39, 0.29) is 17.9 Å². The third-order valence-corrected chi connectivity index (χ3v) is 2.63. The lowest BCUT2D eigenvalue weighted by molar-refractivity contribution is 0.232. The fraction of sp³-hybridized carbons (Fsp3) is 0.300. The van der Waals surface area contributed by atoms with Crippen molar-refractivity contribution in [2.75, 3.05) is 14.2 Å². The number of nitrogens with zero attached hydrogens (tertiary/aromatic N) is 1. The lowest BCUT2D eigenvalue weighted by Crippen LogP contribution is -2.20. The molecule has 16 heavy (non-hydrogen) atoms. The van der Waals surface area contributed by atoms with Gasteiger partial charge in [0.1, 0.15) is 5.82 Å². The highest BCUT2D eigenvalue weighted by molar-refractivity contribution is 9.18. The molecule has 0 radical (unpaired) electrons. The van der Waals surface area contributed by atoms with E-state index in [1.807, 2.05) is 0 Å². The van der Waals surface area contributed by atoms with Gasteiger partial charge in [0.05, 0.1) is 7.11 Å². The molecule has 0 aliphatic carbocycles. The molecule has 1 rings (SSSR count). The number of carbonyl (C=O) groups excluding carboxylic acids is 1. The summed E-state index contributed by atoms with van der Waals surface area (Å²) in [5.74, 6) is -1.43. The van der Waals surface area contributed by atoms with E-state index in [4.69, 9.17) is 0 Å². The normalized spacial score (nSPS) is 10.1. The van der Waals surface area contributed by atoms with E-state index in [1.165, 1.54) is 19.1 Å². The molecule has 0 aliphatic heterocycles. The molecule has 0 aliphatic rings. The lowest BCUT2D eigenvalue weighted by atomic mass is 10.2. The molecule has 0 spiro atoms. The van der Waals surface area contributed by atoms with Crippen LogP contribution in [-0.4, -0.2) is 23.9 Å². The fourth-order valence-electron chi connectivity index (χ4n) is 1.17. The van der Waals surface area contributed by atoms with E-state index in [2.05, 4.69) is 20.7 Å². The van der Waals surface area contributed by atoms with Crippen LogP contribution in [0.5, 0.6) is 5.75 Å². The Balaban J connectivity index is 2.98. The Bertz CT molecular complexity index is 412. The molecule has 88 valence electrons. The monoisotopic (exact) mass is 293 g/mol. The Morgan fingerprint density at radius 2 is 2.06 bits per heavy atom. The maximum atomic E-state index is 13.4. The molecule has 1 amide bonds. The van der Waals surface area contributed by atoms with Crippen LogP contribution in [0.2, 0.25) is 0 Å². The standard InChI is InChI=1S/C10H10BrF2NO2/c1-14(10(11)15)5-6-3-8(13)9(16-2)4-7(6)12/h3-4H,5H2,1-2H3. The molecule has 1 aromatic rings. The number of benzene rings is 1. The second-order valence-corrected chi connectivity index (χ2v) is 3.87. The van der Waals surface area contributed by atoms with Crippen molar-refractivity contribution in [3.63, 3.8) is 0 Å². The zero-order valence-electron chi connectivity index (χ0n) is 8.76. The predicted octanol–water partition coefficient (Wildman–Crippen LogP) is 2.92. The Morgan fingerprint density at radius 1 is 1.44 bits per heavy atom. The summed E-state index contributed by atoms with van der Waals surface area (Å²) in [5, 5.41) is 0. The van der Waals surface area contributed by atoms with E-state index in [0.29, 0.717) is 0 Å². The summed E-state index contributed by atoms with van der Waals surface area (Å²) in [6.45, 7) is -0.0170. The zero-order valence-corrected chi connectivity index (χ0v) is 10.3. The smallest absolute Gasteiger partial charge is 0.289 e. The van der Waals surface area contributed by atoms with Gasteiger partial charge in [-0.2, -0.15) is 0 Å². The molecule has 0 aromatic heterocycles. The summed E-state index contributed by atoms with van der Waals surface area (Å²) in [6, 6.07) is 1.97. The number of rotatable bonds is 3. The van der Waals surface area contributed by atoms with Crippen LogP contribution in [0.1, 0.15) is 5.56 Å². The van der Waals surface area contributed by atoms with Crippen molar-refractivity contribution in [3.8, 4) is 5.75 Å². The summed E-state index contributed by atoms with van der Waals surface area (Å²) >= 11 is 2.71. The van der Waals surface area contributed by atoms with E-state index < -0.39 is 16.5 Å². The number of methoxy groups -OCH3 is 1. The first-order valence-electron chi connectivity index (χ1n) is 4.38. The molecule has 1 aromatic carbocycles. The van der Waals surface area contributed by atoms with E-state index in [9.17, 15) is 13.6 Å². The number of amides is 1. The highest BCUT2D eigenvalue weighted by atomic mass is 79.9. The van der Waals surface area contributed by atoms with Crippen LogP contribution >= 0.6 is 15.9 Å². The summed E-state index contributed by atoms with van der Waals surface area (Å²) in [6.07, 6.45) is 0. The largest absolute Gasteiger partial charge is 0.494 e. The van der Waals surface area contributed by atoms with Gasteiger partial charge in [0.2, 0.25) is 0 Å². The van der Waals surface area contributed by atoms with Crippen LogP contribution in [0.4, 0.5) is 13.6 Å². The molecule has 6 heteroatoms. The van der Waals surface area contributed by atoms with Crippen molar-refractivity contribution >= 4 is 20.7 Å². The average molecular weight is 294 g/mol. The second-order valence-electron chi connectivity index (χ2n) is 3.19. The van der Waals surface area contributed by atoms with Crippen LogP contribution in [0.15, 0.2) is 12.1 Å². The van der Waals surface area contributed by atoms with Gasteiger partial charge >= 0.3 is 0 Å². The Kier molecular flexibility index (Phi) is 4.23. The maximum Gasteiger partial charge on any atom is 0.289 e. The van der Waals surface area contributed by atoms with Gasteiger partial charge in [-0.1, -0.05) is 0 Å². The maximum absolute atomic E-state index is 13.4. The Hall–Kier alpha value is -1.17. The highest BCUT2D eigenvalue weighted by Crippen LogP contribution is 2.22. The van der Waals surface area contributed by atoms with Crippen molar-refractivity contribution in [2.24, 2.45) is 0 Å². The minimum atomic E-state index is -0.658. The lowest BCUT2D eigenvalue weighted by Gasteiger charge is -2.14. The van der Waals surface area contributed by atoms with Gasteiger partial charge in [0.25, 0.3) is 4.82 Å². The first kappa shape index (κ1) is 12.9. The number of hydrogen-bond donors (Lipinski definition) is 0. The fourth-order valence-corrected chi connectivity index (χ4v) is 1.29. The van der Waals surface area contributed by atoms with Gasteiger partial charge in [-0.25, -0.2) is 8.78 Å². The van der Waals surface area contributed by atoms with Crippen LogP contribution in [0.25, 0.3) is 0 Å². The number of ether oxygens (including phenoxy) is 1. The molecule has 0 saturated carbocycles. The van der Waals surface area contributed by atoms with Gasteiger partial charge < -0.3 is 9.64 Å². The minimum absolute atomic E-state index is 0.0170. The second kappa shape index (κ2) is 5.25. The minimum Gasteiger partial charge on any atom is -0.494 e. The van der Waals surface area contributed by atoms with Crippen molar-refractivity contribution < 1.29 is 18.3 Å². The number of halogens is 3. The molecular weight excluding hydrogens is 284 g/mol. The first-order chi connectivity index (χ1) is 7.45. The summed E-state index contributed by atoms with van der Waals surface area (Å²) in [7, 11) is 2.73. The number of hydrogen-bond acceptors (Lipinski definition) is 2. The molecule has 0 saturated heterocycles. The summed E-state index contributed by atoms with van der Waals surface area (Å²) in [4.78, 5) is 11.7. The van der Waals surface area contributed by atoms with Crippen molar-refractivity contribution in [3.05, 3.63) is 29.3 Å². The van der Waals surface area contributed by atoms with Gasteiger partial charge in [-0.05, 0) is 6.07 Å². The molecule has 0 fully saturated rings. The van der Waals surface area contributed by atoms with Crippen LogP contribution in [0, 0.1) is 11.6 Å². The van der Waals surface area contributed by atoms with E-state index >= 15 is 0 Å². The van der Waals surface area contributed by atoms with Crippen LogP contribution in [-0.2, 0) is 6.54 Å².